The monoisotopic (exact) mass is 300 g/mol. The van der Waals surface area contributed by atoms with E-state index in [2.05, 4.69) is 0 Å². The van der Waals surface area contributed by atoms with Crippen molar-refractivity contribution in [2.75, 3.05) is 13.2 Å². The van der Waals surface area contributed by atoms with Gasteiger partial charge in [-0.1, -0.05) is 54.4 Å². The molecule has 0 saturated carbocycles. The van der Waals surface area contributed by atoms with Crippen LogP contribution in [-0.2, 0) is 19.1 Å². The zero-order chi connectivity index (χ0) is 16.5. The molecule has 0 N–H and O–H groups in total. The number of hydrogen-bond acceptors (Lipinski definition) is 4. The van der Waals surface area contributed by atoms with Crippen molar-refractivity contribution in [3.05, 3.63) is 0 Å². The molecule has 4 heteroatoms. The van der Waals surface area contributed by atoms with Crippen LogP contribution in [0.15, 0.2) is 0 Å². The normalized spacial score (nSPS) is 11.8. The third kappa shape index (κ3) is 6.49. The summed E-state index contributed by atoms with van der Waals surface area (Å²) in [5.74, 6) is -0.357. The van der Waals surface area contributed by atoms with Gasteiger partial charge in [-0.3, -0.25) is 9.59 Å². The highest BCUT2D eigenvalue weighted by Gasteiger charge is 2.46. The van der Waals surface area contributed by atoms with Crippen molar-refractivity contribution in [1.29, 1.82) is 0 Å². The summed E-state index contributed by atoms with van der Waals surface area (Å²) >= 11 is 0. The van der Waals surface area contributed by atoms with Gasteiger partial charge in [-0.25, -0.2) is 0 Å². The molecule has 0 aliphatic heterocycles. The van der Waals surface area contributed by atoms with E-state index in [4.69, 9.17) is 9.47 Å². The van der Waals surface area contributed by atoms with E-state index in [0.717, 1.165) is 12.8 Å². The predicted octanol–water partition coefficient (Wildman–Crippen LogP) is 3.97. The van der Waals surface area contributed by atoms with Crippen molar-refractivity contribution in [1.82, 2.24) is 0 Å². The quantitative estimate of drug-likeness (QED) is 0.452. The fourth-order valence-corrected chi connectivity index (χ4v) is 1.99. The van der Waals surface area contributed by atoms with E-state index in [1.807, 2.05) is 41.5 Å². The van der Waals surface area contributed by atoms with Gasteiger partial charge in [0.15, 0.2) is 5.41 Å². The lowest BCUT2D eigenvalue weighted by Crippen LogP contribution is -2.42. The van der Waals surface area contributed by atoms with Gasteiger partial charge >= 0.3 is 11.9 Å². The molecule has 124 valence electrons. The largest absolute Gasteiger partial charge is 0.465 e. The first-order chi connectivity index (χ1) is 9.80. The second-order valence-corrected chi connectivity index (χ2v) is 6.52. The molecule has 0 aromatic carbocycles. The lowest BCUT2D eigenvalue weighted by molar-refractivity contribution is -0.175. The van der Waals surface area contributed by atoms with Crippen LogP contribution in [0, 0.1) is 17.3 Å². The van der Waals surface area contributed by atoms with Gasteiger partial charge in [0, 0.05) is 0 Å². The second-order valence-electron chi connectivity index (χ2n) is 6.52. The molecule has 4 nitrogen and oxygen atoms in total. The molecular weight excluding hydrogens is 268 g/mol. The molecule has 0 amide bonds. The molecule has 0 aliphatic carbocycles. The molecule has 0 atom stereocenters. The molecule has 0 spiro atoms. The van der Waals surface area contributed by atoms with Crippen LogP contribution in [-0.4, -0.2) is 25.2 Å². The Kier molecular flexibility index (Phi) is 9.31. The standard InChI is InChI=1S/C17H32O4/c1-7-9-10-17(8-2,15(18)20-11-13(3)4)16(19)21-12-14(5)6/h13-14H,7-12H2,1-6H3. The van der Waals surface area contributed by atoms with Crippen LogP contribution in [0.4, 0.5) is 0 Å². The molecule has 0 unspecified atom stereocenters. The van der Waals surface area contributed by atoms with Gasteiger partial charge < -0.3 is 9.47 Å². The van der Waals surface area contributed by atoms with Gasteiger partial charge in [0.1, 0.15) is 0 Å². The van der Waals surface area contributed by atoms with E-state index in [1.54, 1.807) is 0 Å². The Labute approximate surface area is 129 Å². The number of ether oxygens (including phenoxy) is 2. The van der Waals surface area contributed by atoms with Gasteiger partial charge in [0.2, 0.25) is 0 Å². The minimum Gasteiger partial charge on any atom is -0.465 e. The highest BCUT2D eigenvalue weighted by atomic mass is 16.6. The van der Waals surface area contributed by atoms with E-state index in [9.17, 15) is 9.59 Å². The summed E-state index contributed by atoms with van der Waals surface area (Å²) in [4.78, 5) is 24.9. The first-order valence-corrected chi connectivity index (χ1v) is 8.14. The summed E-state index contributed by atoms with van der Waals surface area (Å²) in [6, 6.07) is 0. The Morgan fingerprint density at radius 2 is 1.33 bits per heavy atom. The smallest absolute Gasteiger partial charge is 0.323 e. The molecule has 0 fully saturated rings. The number of hydrogen-bond donors (Lipinski definition) is 0. The van der Waals surface area contributed by atoms with Crippen molar-refractivity contribution < 1.29 is 19.1 Å². The Bertz CT molecular complexity index is 297. The minimum atomic E-state index is -1.14. The summed E-state index contributed by atoms with van der Waals surface area (Å²) < 4.78 is 10.7. The maximum atomic E-state index is 12.5. The van der Waals surface area contributed by atoms with Crippen LogP contribution in [0.1, 0.15) is 67.2 Å². The second kappa shape index (κ2) is 9.80. The van der Waals surface area contributed by atoms with Crippen molar-refractivity contribution in [2.24, 2.45) is 17.3 Å². The summed E-state index contributed by atoms with van der Waals surface area (Å²) in [5, 5.41) is 0. The maximum absolute atomic E-state index is 12.5. The first kappa shape index (κ1) is 19.9. The average molecular weight is 300 g/mol. The van der Waals surface area contributed by atoms with E-state index < -0.39 is 17.4 Å². The number of esters is 2. The number of carbonyl (C=O) groups excluding carboxylic acids is 2. The Morgan fingerprint density at radius 3 is 1.62 bits per heavy atom. The molecule has 0 aromatic heterocycles. The fraction of sp³-hybridized carbons (Fsp3) is 0.882. The molecule has 0 bridgehead atoms. The topological polar surface area (TPSA) is 52.6 Å². The predicted molar refractivity (Wildman–Crippen MR) is 83.8 cm³/mol. The third-order valence-electron chi connectivity index (χ3n) is 3.44. The average Bonchev–Trinajstić information content (AvgIpc) is 2.43. The lowest BCUT2D eigenvalue weighted by atomic mass is 9.80. The number of carbonyl (C=O) groups is 2. The van der Waals surface area contributed by atoms with E-state index in [1.165, 1.54) is 0 Å². The molecule has 0 saturated heterocycles. The molecule has 0 aromatic rings. The van der Waals surface area contributed by atoms with Gasteiger partial charge in [-0.2, -0.15) is 0 Å². The lowest BCUT2D eigenvalue weighted by Gasteiger charge is -2.29. The van der Waals surface area contributed by atoms with E-state index in [-0.39, 0.29) is 11.8 Å². The van der Waals surface area contributed by atoms with Crippen LogP contribution in [0.5, 0.6) is 0 Å². The summed E-state index contributed by atoms with van der Waals surface area (Å²) in [6.07, 6.45) is 2.65. The zero-order valence-corrected chi connectivity index (χ0v) is 14.5. The van der Waals surface area contributed by atoms with Crippen molar-refractivity contribution in [3.63, 3.8) is 0 Å². The van der Waals surface area contributed by atoms with Gasteiger partial charge in [0.25, 0.3) is 0 Å². The van der Waals surface area contributed by atoms with Crippen molar-refractivity contribution >= 4 is 11.9 Å². The van der Waals surface area contributed by atoms with Gasteiger partial charge in [0.05, 0.1) is 13.2 Å². The Balaban J connectivity index is 5.03. The summed E-state index contributed by atoms with van der Waals surface area (Å²) in [7, 11) is 0. The third-order valence-corrected chi connectivity index (χ3v) is 3.44. The van der Waals surface area contributed by atoms with E-state index in [0.29, 0.717) is 26.1 Å². The first-order valence-electron chi connectivity index (χ1n) is 8.14. The Hall–Kier alpha value is -1.06. The van der Waals surface area contributed by atoms with Crippen LogP contribution >= 0.6 is 0 Å². The zero-order valence-electron chi connectivity index (χ0n) is 14.5. The highest BCUT2D eigenvalue weighted by molar-refractivity contribution is 6.00. The van der Waals surface area contributed by atoms with Crippen LogP contribution in [0.25, 0.3) is 0 Å². The number of unbranched alkanes of at least 4 members (excludes halogenated alkanes) is 1. The molecular formula is C17H32O4. The van der Waals surface area contributed by atoms with Crippen molar-refractivity contribution in [2.45, 2.75) is 67.2 Å². The summed E-state index contributed by atoms with van der Waals surface area (Å²) in [6.45, 7) is 12.5. The van der Waals surface area contributed by atoms with Crippen molar-refractivity contribution in [3.8, 4) is 0 Å². The molecule has 0 heterocycles. The van der Waals surface area contributed by atoms with Crippen LogP contribution < -0.4 is 0 Å². The molecule has 0 rings (SSSR count). The molecule has 21 heavy (non-hydrogen) atoms. The van der Waals surface area contributed by atoms with Crippen LogP contribution in [0.2, 0.25) is 0 Å². The van der Waals surface area contributed by atoms with Crippen LogP contribution in [0.3, 0.4) is 0 Å². The minimum absolute atomic E-state index is 0.251. The molecule has 0 aliphatic rings. The molecule has 0 radical (unpaired) electrons. The SMILES string of the molecule is CCCCC(CC)(C(=O)OCC(C)C)C(=O)OCC(C)C. The Morgan fingerprint density at radius 1 is 0.905 bits per heavy atom. The summed E-state index contributed by atoms with van der Waals surface area (Å²) in [5.41, 5.74) is -1.14. The maximum Gasteiger partial charge on any atom is 0.323 e. The number of rotatable bonds is 10. The van der Waals surface area contributed by atoms with Gasteiger partial charge in [-0.05, 0) is 24.7 Å². The van der Waals surface area contributed by atoms with Gasteiger partial charge in [-0.15, -0.1) is 0 Å². The highest BCUT2D eigenvalue weighted by Crippen LogP contribution is 2.33. The van der Waals surface area contributed by atoms with E-state index >= 15 is 0 Å². The fourth-order valence-electron chi connectivity index (χ4n) is 1.99.